The third-order valence-electron chi connectivity index (χ3n) is 4.91. The summed E-state index contributed by atoms with van der Waals surface area (Å²) in [4.78, 5) is 18.8. The van der Waals surface area contributed by atoms with E-state index in [1.54, 1.807) is 23.4 Å². The van der Waals surface area contributed by atoms with Crippen molar-refractivity contribution in [2.45, 2.75) is 19.5 Å². The van der Waals surface area contributed by atoms with Gasteiger partial charge in [-0.1, -0.05) is 59.6 Å². The Labute approximate surface area is 168 Å². The molecule has 1 unspecified atom stereocenters. The molecule has 0 spiro atoms. The molecule has 0 radical (unpaired) electrons. The molecule has 1 aliphatic rings. The van der Waals surface area contributed by atoms with Crippen LogP contribution >= 0.6 is 11.6 Å². The van der Waals surface area contributed by atoms with E-state index in [4.69, 9.17) is 11.6 Å². The largest absolute Gasteiger partial charge is 0.503 e. The van der Waals surface area contributed by atoms with E-state index >= 15 is 0 Å². The number of aliphatic hydroxyl groups excluding tert-OH is 1. The van der Waals surface area contributed by atoms with Crippen LogP contribution in [0.4, 0.5) is 0 Å². The summed E-state index contributed by atoms with van der Waals surface area (Å²) < 4.78 is 0. The van der Waals surface area contributed by atoms with Crippen molar-refractivity contribution >= 4 is 23.1 Å². The minimum Gasteiger partial charge on any atom is -0.503 e. The molecule has 4 rings (SSSR count). The maximum Gasteiger partial charge on any atom is 0.290 e. The predicted molar refractivity (Wildman–Crippen MR) is 110 cm³/mol. The fourth-order valence-electron chi connectivity index (χ4n) is 3.56. The van der Waals surface area contributed by atoms with Crippen LogP contribution in [0.5, 0.6) is 0 Å². The lowest BCUT2D eigenvalue weighted by Gasteiger charge is -2.27. The minimum atomic E-state index is -0.436. The van der Waals surface area contributed by atoms with Crippen LogP contribution in [0.15, 0.2) is 78.8 Å². The van der Waals surface area contributed by atoms with Crippen molar-refractivity contribution in [1.29, 1.82) is 0 Å². The Morgan fingerprint density at radius 1 is 1.11 bits per heavy atom. The molecule has 0 fully saturated rings. The number of halogens is 1. The van der Waals surface area contributed by atoms with Gasteiger partial charge in [0.2, 0.25) is 0 Å². The molecule has 0 saturated carbocycles. The van der Waals surface area contributed by atoms with Gasteiger partial charge in [-0.05, 0) is 41.8 Å². The van der Waals surface area contributed by atoms with Crippen molar-refractivity contribution in [3.8, 4) is 0 Å². The quantitative estimate of drug-likeness (QED) is 0.674. The number of nitrogens with zero attached hydrogens (tertiary/aromatic N) is 2. The first-order valence-corrected chi connectivity index (χ1v) is 9.38. The normalized spacial score (nSPS) is 16.7. The molecule has 2 heterocycles. The molecule has 28 heavy (non-hydrogen) atoms. The average molecular weight is 391 g/mol. The first kappa shape index (κ1) is 18.3. The number of amides is 1. The third-order valence-corrected chi connectivity index (χ3v) is 5.14. The van der Waals surface area contributed by atoms with Gasteiger partial charge in [0.1, 0.15) is 0 Å². The van der Waals surface area contributed by atoms with Crippen LogP contribution in [0.2, 0.25) is 5.02 Å². The van der Waals surface area contributed by atoms with Gasteiger partial charge in [-0.15, -0.1) is 0 Å². The monoisotopic (exact) mass is 390 g/mol. The van der Waals surface area contributed by atoms with Gasteiger partial charge in [0.15, 0.2) is 5.76 Å². The lowest BCUT2D eigenvalue weighted by Crippen LogP contribution is -2.29. The van der Waals surface area contributed by atoms with Gasteiger partial charge >= 0.3 is 0 Å². The third kappa shape index (κ3) is 3.39. The highest BCUT2D eigenvalue weighted by Crippen LogP contribution is 2.44. The highest BCUT2D eigenvalue weighted by atomic mass is 35.5. The highest BCUT2D eigenvalue weighted by molar-refractivity contribution is 6.30. The summed E-state index contributed by atoms with van der Waals surface area (Å²) in [7, 11) is 0. The smallest absolute Gasteiger partial charge is 0.290 e. The Bertz CT molecular complexity index is 1050. The lowest BCUT2D eigenvalue weighted by molar-refractivity contribution is -0.130. The summed E-state index contributed by atoms with van der Waals surface area (Å²) in [6.45, 7) is 2.34. The molecule has 5 heteroatoms. The van der Waals surface area contributed by atoms with Crippen LogP contribution in [0.3, 0.4) is 0 Å². The van der Waals surface area contributed by atoms with Crippen LogP contribution in [-0.2, 0) is 11.3 Å². The number of rotatable bonds is 4. The molecule has 0 bridgehead atoms. The molecule has 1 amide bonds. The molecule has 4 nitrogen and oxygen atoms in total. The zero-order valence-corrected chi connectivity index (χ0v) is 16.1. The Morgan fingerprint density at radius 3 is 2.57 bits per heavy atom. The fraction of sp³-hybridized carbons (Fsp3) is 0.130. The van der Waals surface area contributed by atoms with Crippen molar-refractivity contribution in [3.05, 3.63) is 106 Å². The maximum absolute atomic E-state index is 13.0. The van der Waals surface area contributed by atoms with Crippen LogP contribution in [0.25, 0.3) is 5.57 Å². The van der Waals surface area contributed by atoms with Gasteiger partial charge < -0.3 is 10.0 Å². The number of pyridine rings is 1. The SMILES string of the molecule is Cc1ccc(C2=C(O)C(=O)N(Cc3cccnc3)C2c2cccc(Cl)c2)cc1. The summed E-state index contributed by atoms with van der Waals surface area (Å²) in [6.07, 6.45) is 3.42. The molecule has 1 aromatic heterocycles. The molecule has 3 aromatic rings. The van der Waals surface area contributed by atoms with Crippen LogP contribution in [0, 0.1) is 6.92 Å². The van der Waals surface area contributed by atoms with Crippen LogP contribution < -0.4 is 0 Å². The van der Waals surface area contributed by atoms with E-state index in [1.807, 2.05) is 61.5 Å². The van der Waals surface area contributed by atoms with Gasteiger partial charge in [0.05, 0.1) is 6.04 Å². The summed E-state index contributed by atoms with van der Waals surface area (Å²) >= 11 is 6.23. The summed E-state index contributed by atoms with van der Waals surface area (Å²) in [5.74, 6) is -0.623. The molecule has 140 valence electrons. The van der Waals surface area contributed by atoms with E-state index in [0.29, 0.717) is 17.1 Å². The molecule has 1 aliphatic heterocycles. The fourth-order valence-corrected chi connectivity index (χ4v) is 3.75. The van der Waals surface area contributed by atoms with Crippen molar-refractivity contribution in [1.82, 2.24) is 9.88 Å². The second-order valence-electron chi connectivity index (χ2n) is 6.88. The van der Waals surface area contributed by atoms with Crippen molar-refractivity contribution in [2.24, 2.45) is 0 Å². The number of hydrogen-bond acceptors (Lipinski definition) is 3. The van der Waals surface area contributed by atoms with Gasteiger partial charge in [0, 0.05) is 29.5 Å². The number of aliphatic hydroxyl groups is 1. The second-order valence-corrected chi connectivity index (χ2v) is 7.32. The van der Waals surface area contributed by atoms with E-state index in [-0.39, 0.29) is 5.76 Å². The Morgan fingerprint density at radius 2 is 1.89 bits per heavy atom. The highest BCUT2D eigenvalue weighted by Gasteiger charge is 2.41. The van der Waals surface area contributed by atoms with E-state index in [9.17, 15) is 9.90 Å². The number of aryl methyl sites for hydroxylation is 1. The van der Waals surface area contributed by atoms with Gasteiger partial charge in [-0.2, -0.15) is 0 Å². The number of hydrogen-bond donors (Lipinski definition) is 1. The zero-order chi connectivity index (χ0) is 19.7. The second kappa shape index (κ2) is 7.49. The molecular formula is C23H19ClN2O2. The molecule has 2 aromatic carbocycles. The number of benzene rings is 2. The zero-order valence-electron chi connectivity index (χ0n) is 15.3. The predicted octanol–water partition coefficient (Wildman–Crippen LogP) is 5.10. The molecule has 1 atom stereocenters. The summed E-state index contributed by atoms with van der Waals surface area (Å²) in [6, 6.07) is 18.5. The van der Waals surface area contributed by atoms with E-state index in [0.717, 1.165) is 22.3 Å². The molecular weight excluding hydrogens is 372 g/mol. The lowest BCUT2D eigenvalue weighted by atomic mass is 9.93. The Balaban J connectivity index is 1.83. The Hall–Kier alpha value is -3.11. The number of carbonyl (C=O) groups is 1. The van der Waals surface area contributed by atoms with Crippen LogP contribution in [-0.4, -0.2) is 20.9 Å². The minimum absolute atomic E-state index is 0.224. The number of carbonyl (C=O) groups excluding carboxylic acids is 1. The first-order chi connectivity index (χ1) is 13.5. The van der Waals surface area contributed by atoms with E-state index < -0.39 is 11.9 Å². The van der Waals surface area contributed by atoms with Crippen molar-refractivity contribution in [3.63, 3.8) is 0 Å². The average Bonchev–Trinajstić information content (AvgIpc) is 2.94. The number of aromatic nitrogens is 1. The molecule has 0 saturated heterocycles. The van der Waals surface area contributed by atoms with Gasteiger partial charge in [-0.25, -0.2) is 0 Å². The maximum atomic E-state index is 13.0. The topological polar surface area (TPSA) is 53.4 Å². The van der Waals surface area contributed by atoms with Crippen molar-refractivity contribution < 1.29 is 9.90 Å². The van der Waals surface area contributed by atoms with Gasteiger partial charge in [-0.3, -0.25) is 9.78 Å². The van der Waals surface area contributed by atoms with Crippen molar-refractivity contribution in [2.75, 3.05) is 0 Å². The Kier molecular flexibility index (Phi) is 4.88. The summed E-state index contributed by atoms with van der Waals surface area (Å²) in [5.41, 5.74) is 4.26. The van der Waals surface area contributed by atoms with E-state index in [1.165, 1.54) is 0 Å². The van der Waals surface area contributed by atoms with E-state index in [2.05, 4.69) is 4.98 Å². The molecule has 1 N–H and O–H groups in total. The first-order valence-electron chi connectivity index (χ1n) is 9.00. The van der Waals surface area contributed by atoms with Gasteiger partial charge in [0.25, 0.3) is 5.91 Å². The summed E-state index contributed by atoms with van der Waals surface area (Å²) in [5, 5.41) is 11.4. The standard InChI is InChI=1S/C23H19ClN2O2/c1-15-7-9-17(10-8-15)20-21(18-5-2-6-19(24)12-18)26(23(28)22(20)27)14-16-4-3-11-25-13-16/h2-13,21,27H,14H2,1H3. The van der Waals surface area contributed by atoms with Crippen LogP contribution in [0.1, 0.15) is 28.3 Å². The molecule has 0 aliphatic carbocycles.